The molecule has 4 rings (SSSR count). The molecule has 1 aliphatic rings. The molecule has 0 aliphatic carbocycles. The number of nitrogens with zero attached hydrogens (tertiary/aromatic N) is 4. The van der Waals surface area contributed by atoms with Crippen LogP contribution in [0, 0.1) is 0 Å². The zero-order valence-electron chi connectivity index (χ0n) is 14.8. The summed E-state index contributed by atoms with van der Waals surface area (Å²) in [5, 5.41) is 0.809. The largest absolute Gasteiger partial charge is 0.494 e. The predicted molar refractivity (Wildman–Crippen MR) is 104 cm³/mol. The Balaban J connectivity index is 1.86. The van der Waals surface area contributed by atoms with Gasteiger partial charge in [0.05, 0.1) is 22.2 Å². The fourth-order valence-electron chi connectivity index (χ4n) is 3.40. The van der Waals surface area contributed by atoms with Crippen molar-refractivity contribution < 1.29 is 8.95 Å². The van der Waals surface area contributed by atoms with Gasteiger partial charge in [-0.05, 0) is 30.5 Å². The molecule has 1 aliphatic heterocycles. The fraction of sp³-hybridized carbons (Fsp3) is 0.333. The first kappa shape index (κ1) is 16.8. The lowest BCUT2D eigenvalue weighted by Crippen LogP contribution is -2.00. The van der Waals surface area contributed by atoms with Crippen LogP contribution in [-0.2, 0) is 16.8 Å². The molecule has 1 saturated heterocycles. The van der Waals surface area contributed by atoms with Gasteiger partial charge in [0.25, 0.3) is 0 Å². The van der Waals surface area contributed by atoms with Crippen LogP contribution < -0.4 is 10.5 Å². The number of rotatable bonds is 3. The Morgan fingerprint density at radius 2 is 2.04 bits per heavy atom. The summed E-state index contributed by atoms with van der Waals surface area (Å²) < 4.78 is 24.7. The van der Waals surface area contributed by atoms with E-state index in [1.165, 1.54) is 6.33 Å². The summed E-state index contributed by atoms with van der Waals surface area (Å²) in [7, 11) is 1.36. The Morgan fingerprint density at radius 1 is 1.27 bits per heavy atom. The van der Waals surface area contributed by atoms with Crippen molar-refractivity contribution >= 4 is 32.3 Å². The number of nitrogens with two attached hydrogens (primary N) is 1. The van der Waals surface area contributed by atoms with Crippen molar-refractivity contribution in [2.75, 3.05) is 24.3 Å². The van der Waals surface area contributed by atoms with Gasteiger partial charge in [0, 0.05) is 30.3 Å². The van der Waals surface area contributed by atoms with E-state index >= 15 is 0 Å². The van der Waals surface area contributed by atoms with Crippen molar-refractivity contribution in [2.24, 2.45) is 11.4 Å². The Bertz CT molecular complexity index is 1100. The smallest absolute Gasteiger partial charge is 0.145 e. The molecule has 0 unspecified atom stereocenters. The molecule has 8 heteroatoms. The molecule has 0 spiro atoms. The van der Waals surface area contributed by atoms with E-state index in [2.05, 4.69) is 14.3 Å². The molecule has 0 amide bonds. The molecule has 26 heavy (non-hydrogen) atoms. The minimum Gasteiger partial charge on any atom is -0.494 e. The van der Waals surface area contributed by atoms with Crippen LogP contribution in [0.3, 0.4) is 0 Å². The van der Waals surface area contributed by atoms with Gasteiger partial charge in [-0.1, -0.05) is 6.07 Å². The van der Waals surface area contributed by atoms with Crippen LogP contribution >= 0.6 is 0 Å². The SMILES string of the molecule is COc1cc(-c2cn(C)c3ncnc(N)c23)ccc1N=S1(=O)CCCC1. The van der Waals surface area contributed by atoms with Crippen LogP contribution in [0.5, 0.6) is 5.75 Å². The lowest BCUT2D eigenvalue weighted by Gasteiger charge is -2.09. The number of aromatic nitrogens is 3. The molecule has 7 nitrogen and oxygen atoms in total. The number of ether oxygens (including phenoxy) is 1. The van der Waals surface area contributed by atoms with E-state index in [0.717, 1.165) is 35.0 Å². The summed E-state index contributed by atoms with van der Waals surface area (Å²) in [6.45, 7) is 0. The van der Waals surface area contributed by atoms with Gasteiger partial charge in [0.15, 0.2) is 0 Å². The van der Waals surface area contributed by atoms with Crippen molar-refractivity contribution in [3.05, 3.63) is 30.7 Å². The fourth-order valence-corrected chi connectivity index (χ4v) is 5.61. The van der Waals surface area contributed by atoms with Crippen LogP contribution in [0.4, 0.5) is 11.5 Å². The average Bonchev–Trinajstić information content (AvgIpc) is 3.20. The number of hydrogen-bond acceptors (Lipinski definition) is 6. The third kappa shape index (κ3) is 2.80. The number of aryl methyl sites for hydroxylation is 1. The van der Waals surface area contributed by atoms with Crippen molar-refractivity contribution in [2.45, 2.75) is 12.8 Å². The third-order valence-electron chi connectivity index (χ3n) is 4.71. The number of nitrogen functional groups attached to an aromatic ring is 1. The molecule has 0 atom stereocenters. The van der Waals surface area contributed by atoms with Gasteiger partial charge in [-0.3, -0.25) is 0 Å². The predicted octanol–water partition coefficient (Wildman–Crippen LogP) is 3.12. The highest BCUT2D eigenvalue weighted by molar-refractivity contribution is 7.93. The number of anilines is 1. The number of methoxy groups -OCH3 is 1. The van der Waals surface area contributed by atoms with Crippen LogP contribution in [0.2, 0.25) is 0 Å². The van der Waals surface area contributed by atoms with Crippen LogP contribution in [-0.4, -0.2) is 37.4 Å². The van der Waals surface area contributed by atoms with Gasteiger partial charge in [0.1, 0.15) is 29.2 Å². The lowest BCUT2D eigenvalue weighted by molar-refractivity contribution is 0.416. The highest BCUT2D eigenvalue weighted by atomic mass is 32.2. The summed E-state index contributed by atoms with van der Waals surface area (Å²) in [6, 6.07) is 5.70. The van der Waals surface area contributed by atoms with E-state index < -0.39 is 9.73 Å². The Kier molecular flexibility index (Phi) is 4.07. The Labute approximate surface area is 152 Å². The topological polar surface area (TPSA) is 95.4 Å². The minimum absolute atomic E-state index is 0.437. The standard InChI is InChI=1S/C18H21N5O2S/c1-23-10-13(16-17(19)20-11-21-18(16)23)12-5-6-14(15(9-12)25-2)22-26(24)7-3-4-8-26/h5-6,9-11H,3-4,7-8H2,1-2H3,(H2,19,20,21). The maximum absolute atomic E-state index is 12.7. The zero-order valence-corrected chi connectivity index (χ0v) is 15.6. The first-order valence-electron chi connectivity index (χ1n) is 8.47. The highest BCUT2D eigenvalue weighted by Crippen LogP contribution is 2.38. The van der Waals surface area contributed by atoms with E-state index in [0.29, 0.717) is 28.8 Å². The normalized spacial score (nSPS) is 16.1. The van der Waals surface area contributed by atoms with E-state index in [1.54, 1.807) is 7.11 Å². The molecule has 1 aromatic carbocycles. The molecule has 0 saturated carbocycles. The molecule has 0 bridgehead atoms. The summed E-state index contributed by atoms with van der Waals surface area (Å²) in [5.74, 6) is 2.36. The van der Waals surface area contributed by atoms with Crippen molar-refractivity contribution in [3.63, 3.8) is 0 Å². The minimum atomic E-state index is -2.15. The van der Waals surface area contributed by atoms with Crippen molar-refractivity contribution in [1.82, 2.24) is 14.5 Å². The van der Waals surface area contributed by atoms with E-state index in [1.807, 2.05) is 36.0 Å². The molecule has 1 fully saturated rings. The first-order valence-corrected chi connectivity index (χ1v) is 10.3. The van der Waals surface area contributed by atoms with Crippen molar-refractivity contribution in [3.8, 4) is 16.9 Å². The molecule has 2 N–H and O–H groups in total. The molecule has 2 aromatic heterocycles. The monoisotopic (exact) mass is 371 g/mol. The van der Waals surface area contributed by atoms with Crippen LogP contribution in [0.15, 0.2) is 35.1 Å². The quantitative estimate of drug-likeness (QED) is 0.763. The maximum Gasteiger partial charge on any atom is 0.145 e. The summed E-state index contributed by atoms with van der Waals surface area (Å²) in [6.07, 6.45) is 5.37. The zero-order chi connectivity index (χ0) is 18.3. The molecular weight excluding hydrogens is 350 g/mol. The summed E-state index contributed by atoms with van der Waals surface area (Å²) in [5.41, 5.74) is 9.34. The second-order valence-corrected chi connectivity index (χ2v) is 9.02. The number of fused-ring (bicyclic) bond motifs is 1. The molecule has 3 aromatic rings. The second-order valence-electron chi connectivity index (χ2n) is 6.48. The van der Waals surface area contributed by atoms with Gasteiger partial charge in [0.2, 0.25) is 0 Å². The third-order valence-corrected chi connectivity index (χ3v) is 7.10. The van der Waals surface area contributed by atoms with E-state index in [9.17, 15) is 4.21 Å². The summed E-state index contributed by atoms with van der Waals surface area (Å²) >= 11 is 0. The van der Waals surface area contributed by atoms with Gasteiger partial charge in [-0.25, -0.2) is 14.2 Å². The van der Waals surface area contributed by atoms with Crippen molar-refractivity contribution in [1.29, 1.82) is 0 Å². The maximum atomic E-state index is 12.7. The molecule has 0 radical (unpaired) electrons. The first-order chi connectivity index (χ1) is 12.5. The highest BCUT2D eigenvalue weighted by Gasteiger charge is 2.19. The Hall–Kier alpha value is -2.61. The number of benzene rings is 1. The lowest BCUT2D eigenvalue weighted by atomic mass is 10.1. The summed E-state index contributed by atoms with van der Waals surface area (Å²) in [4.78, 5) is 8.42. The van der Waals surface area contributed by atoms with Crippen LogP contribution in [0.25, 0.3) is 22.2 Å². The van der Waals surface area contributed by atoms with Gasteiger partial charge >= 0.3 is 0 Å². The average molecular weight is 371 g/mol. The van der Waals surface area contributed by atoms with E-state index in [-0.39, 0.29) is 0 Å². The van der Waals surface area contributed by atoms with Crippen LogP contribution in [0.1, 0.15) is 12.8 Å². The Morgan fingerprint density at radius 3 is 2.77 bits per heavy atom. The van der Waals surface area contributed by atoms with E-state index in [4.69, 9.17) is 10.5 Å². The molecule has 3 heterocycles. The van der Waals surface area contributed by atoms with Gasteiger partial charge in [-0.15, -0.1) is 0 Å². The van der Waals surface area contributed by atoms with Gasteiger partial charge < -0.3 is 15.0 Å². The molecule has 136 valence electrons. The van der Waals surface area contributed by atoms with Gasteiger partial charge in [-0.2, -0.15) is 4.36 Å². The molecular formula is C18H21N5O2S. The second kappa shape index (κ2) is 6.28. The number of hydrogen-bond donors (Lipinski definition) is 1.